The number of amides is 1. The molecule has 0 aliphatic heterocycles. The fraction of sp³-hybridized carbons (Fsp3) is 0.462. The number of nitrogens with two attached hydrogens (primary N) is 1. The first-order valence-corrected chi connectivity index (χ1v) is 5.62. The van der Waals surface area contributed by atoms with Crippen LogP contribution in [0.2, 0.25) is 0 Å². The zero-order valence-electron chi connectivity index (χ0n) is 10.6. The second kappa shape index (κ2) is 7.30. The van der Waals surface area contributed by atoms with Crippen LogP contribution >= 0.6 is 12.4 Å². The number of rotatable bonds is 4. The smallest absolute Gasteiger partial charge is 0.251 e. The number of benzene rings is 1. The van der Waals surface area contributed by atoms with E-state index in [2.05, 4.69) is 5.32 Å². The molecule has 1 aromatic carbocycles. The van der Waals surface area contributed by atoms with Crippen LogP contribution in [0.3, 0.4) is 0 Å². The van der Waals surface area contributed by atoms with Crippen molar-refractivity contribution in [1.82, 2.24) is 5.32 Å². The Morgan fingerprint density at radius 1 is 1.41 bits per heavy atom. The van der Waals surface area contributed by atoms with Gasteiger partial charge >= 0.3 is 0 Å². The summed E-state index contributed by atoms with van der Waals surface area (Å²) in [4.78, 5) is 11.8. The lowest BCUT2D eigenvalue weighted by Gasteiger charge is -2.10. The fourth-order valence-corrected chi connectivity index (χ4v) is 1.51. The Hall–Kier alpha value is -1.06. The second-order valence-electron chi connectivity index (χ2n) is 4.27. The molecule has 0 spiro atoms. The van der Waals surface area contributed by atoms with Crippen LogP contribution in [-0.4, -0.2) is 18.5 Å². The highest BCUT2D eigenvalue weighted by molar-refractivity contribution is 5.95. The molecule has 0 radical (unpaired) electrons. The first-order valence-electron chi connectivity index (χ1n) is 5.62. The molecule has 1 atom stereocenters. The van der Waals surface area contributed by atoms with Crippen molar-refractivity contribution in [3.8, 4) is 0 Å². The number of carbonyl (C=O) groups excluding carboxylic acids is 1. The van der Waals surface area contributed by atoms with E-state index >= 15 is 0 Å². The normalized spacial score (nSPS) is 11.5. The predicted octanol–water partition coefficient (Wildman–Crippen LogP) is 2.19. The maximum Gasteiger partial charge on any atom is 0.251 e. The monoisotopic (exact) mass is 256 g/mol. The lowest BCUT2D eigenvalue weighted by atomic mass is 10.0. The van der Waals surface area contributed by atoms with Crippen LogP contribution in [0.5, 0.6) is 0 Å². The van der Waals surface area contributed by atoms with Crippen LogP contribution in [0.25, 0.3) is 0 Å². The Morgan fingerprint density at radius 3 is 2.65 bits per heavy atom. The highest BCUT2D eigenvalue weighted by Gasteiger charge is 2.09. The summed E-state index contributed by atoms with van der Waals surface area (Å²) in [7, 11) is 0. The molecule has 1 amide bonds. The van der Waals surface area contributed by atoms with E-state index in [4.69, 9.17) is 5.73 Å². The molecule has 1 rings (SSSR count). The maximum absolute atomic E-state index is 11.8. The molecule has 0 heterocycles. The highest BCUT2D eigenvalue weighted by Crippen LogP contribution is 2.12. The summed E-state index contributed by atoms with van der Waals surface area (Å²) < 4.78 is 0. The Bertz CT molecular complexity index is 378. The van der Waals surface area contributed by atoms with Crippen LogP contribution < -0.4 is 11.1 Å². The van der Waals surface area contributed by atoms with Crippen molar-refractivity contribution < 1.29 is 4.79 Å². The molecule has 0 bridgehead atoms. The Morgan fingerprint density at radius 2 is 2.06 bits per heavy atom. The van der Waals surface area contributed by atoms with E-state index in [9.17, 15) is 4.79 Å². The zero-order chi connectivity index (χ0) is 12.1. The van der Waals surface area contributed by atoms with Gasteiger partial charge in [0.2, 0.25) is 0 Å². The average molecular weight is 257 g/mol. The number of hydrogen-bond acceptors (Lipinski definition) is 2. The van der Waals surface area contributed by atoms with Gasteiger partial charge < -0.3 is 11.1 Å². The lowest BCUT2D eigenvalue weighted by Crippen LogP contribution is -2.29. The van der Waals surface area contributed by atoms with E-state index in [1.165, 1.54) is 0 Å². The molecule has 17 heavy (non-hydrogen) atoms. The molecule has 1 aromatic rings. The van der Waals surface area contributed by atoms with Crippen molar-refractivity contribution in [2.75, 3.05) is 6.54 Å². The quantitative estimate of drug-likeness (QED) is 0.868. The molecule has 0 aliphatic carbocycles. The van der Waals surface area contributed by atoms with Gasteiger partial charge in [0, 0.05) is 18.2 Å². The van der Waals surface area contributed by atoms with E-state index in [1.54, 1.807) is 0 Å². The van der Waals surface area contributed by atoms with Crippen molar-refractivity contribution >= 4 is 18.3 Å². The van der Waals surface area contributed by atoms with Crippen LogP contribution in [-0.2, 0) is 0 Å². The van der Waals surface area contributed by atoms with Gasteiger partial charge in [0.15, 0.2) is 0 Å². The van der Waals surface area contributed by atoms with Gasteiger partial charge in [0.05, 0.1) is 0 Å². The largest absolute Gasteiger partial charge is 0.352 e. The van der Waals surface area contributed by atoms with Gasteiger partial charge in [-0.05, 0) is 44.4 Å². The van der Waals surface area contributed by atoms with Gasteiger partial charge in [-0.1, -0.05) is 12.1 Å². The van der Waals surface area contributed by atoms with Crippen molar-refractivity contribution in [1.29, 1.82) is 0 Å². The zero-order valence-corrected chi connectivity index (χ0v) is 11.4. The third-order valence-electron chi connectivity index (χ3n) is 2.73. The number of carbonyl (C=O) groups is 1. The topological polar surface area (TPSA) is 55.1 Å². The van der Waals surface area contributed by atoms with E-state index in [0.29, 0.717) is 6.54 Å². The van der Waals surface area contributed by atoms with Crippen LogP contribution in [0.1, 0.15) is 34.8 Å². The second-order valence-corrected chi connectivity index (χ2v) is 4.27. The van der Waals surface area contributed by atoms with Crippen LogP contribution in [0.4, 0.5) is 0 Å². The lowest BCUT2D eigenvalue weighted by molar-refractivity contribution is 0.0952. The molecule has 1 unspecified atom stereocenters. The van der Waals surface area contributed by atoms with Gasteiger partial charge in [0.25, 0.3) is 5.91 Å². The minimum atomic E-state index is -0.0122. The Kier molecular flexibility index (Phi) is 6.85. The van der Waals surface area contributed by atoms with Crippen molar-refractivity contribution in [2.24, 2.45) is 5.73 Å². The molecule has 3 nitrogen and oxygen atoms in total. The van der Waals surface area contributed by atoms with E-state index in [1.807, 2.05) is 39.0 Å². The SMILES string of the molecule is Cc1cccc(C(=O)NCCC(C)N)c1C.Cl. The summed E-state index contributed by atoms with van der Waals surface area (Å²) in [6.45, 7) is 6.54. The van der Waals surface area contributed by atoms with Crippen molar-refractivity contribution in [3.05, 3.63) is 34.9 Å². The molecular formula is C13H21ClN2O. The molecular weight excluding hydrogens is 236 g/mol. The van der Waals surface area contributed by atoms with E-state index in [0.717, 1.165) is 23.1 Å². The molecule has 0 saturated heterocycles. The summed E-state index contributed by atoms with van der Waals surface area (Å²) in [6.07, 6.45) is 0.802. The summed E-state index contributed by atoms with van der Waals surface area (Å²) in [5.74, 6) is -0.0122. The van der Waals surface area contributed by atoms with Crippen LogP contribution in [0, 0.1) is 13.8 Å². The van der Waals surface area contributed by atoms with E-state index < -0.39 is 0 Å². The van der Waals surface area contributed by atoms with Gasteiger partial charge in [-0.15, -0.1) is 12.4 Å². The Labute approximate surface area is 109 Å². The Balaban J connectivity index is 0.00000256. The highest BCUT2D eigenvalue weighted by atomic mass is 35.5. The number of nitrogens with one attached hydrogen (secondary N) is 1. The average Bonchev–Trinajstić information content (AvgIpc) is 2.21. The summed E-state index contributed by atoms with van der Waals surface area (Å²) in [5, 5.41) is 2.88. The fourth-order valence-electron chi connectivity index (χ4n) is 1.51. The molecule has 96 valence electrons. The van der Waals surface area contributed by atoms with Gasteiger partial charge in [-0.2, -0.15) is 0 Å². The third-order valence-corrected chi connectivity index (χ3v) is 2.73. The number of hydrogen-bond donors (Lipinski definition) is 2. The summed E-state index contributed by atoms with van der Waals surface area (Å²) in [5.41, 5.74) is 8.56. The minimum Gasteiger partial charge on any atom is -0.352 e. The summed E-state index contributed by atoms with van der Waals surface area (Å²) in [6, 6.07) is 5.89. The summed E-state index contributed by atoms with van der Waals surface area (Å²) >= 11 is 0. The van der Waals surface area contributed by atoms with Crippen molar-refractivity contribution in [3.63, 3.8) is 0 Å². The minimum absolute atomic E-state index is 0. The predicted molar refractivity (Wildman–Crippen MR) is 73.8 cm³/mol. The standard InChI is InChI=1S/C13H20N2O.ClH/c1-9-5-4-6-12(11(9)3)13(16)15-8-7-10(2)14;/h4-6,10H,7-8,14H2,1-3H3,(H,15,16);1H. The van der Waals surface area contributed by atoms with Crippen molar-refractivity contribution in [2.45, 2.75) is 33.2 Å². The molecule has 0 aliphatic rings. The number of aryl methyl sites for hydroxylation is 1. The first kappa shape index (κ1) is 15.9. The molecule has 0 fully saturated rings. The van der Waals surface area contributed by atoms with Gasteiger partial charge in [-0.3, -0.25) is 4.79 Å². The van der Waals surface area contributed by atoms with Gasteiger partial charge in [-0.25, -0.2) is 0 Å². The molecule has 3 N–H and O–H groups in total. The van der Waals surface area contributed by atoms with Crippen LogP contribution in [0.15, 0.2) is 18.2 Å². The third kappa shape index (κ3) is 4.75. The van der Waals surface area contributed by atoms with Gasteiger partial charge in [0.1, 0.15) is 0 Å². The van der Waals surface area contributed by atoms with E-state index in [-0.39, 0.29) is 24.4 Å². The first-order chi connectivity index (χ1) is 7.52. The molecule has 4 heteroatoms. The maximum atomic E-state index is 11.8. The molecule has 0 aromatic heterocycles. The number of halogens is 1. The molecule has 0 saturated carbocycles.